The maximum atomic E-state index is 12.0. The van der Waals surface area contributed by atoms with Crippen LogP contribution in [-0.2, 0) is 6.54 Å². The zero-order valence-corrected chi connectivity index (χ0v) is 10.2. The van der Waals surface area contributed by atoms with Crippen molar-refractivity contribution >= 4 is 28.4 Å². The molecule has 10 heteroatoms. The largest absolute Gasteiger partial charge is 0.573 e. The van der Waals surface area contributed by atoms with Gasteiger partial charge < -0.3 is 20.6 Å². The lowest BCUT2D eigenvalue weighted by Crippen LogP contribution is -2.19. The number of nitrogens with two attached hydrogens (primary N) is 1. The van der Waals surface area contributed by atoms with Crippen LogP contribution in [0.15, 0.2) is 6.20 Å². The Balaban J connectivity index is 3.25. The van der Waals surface area contributed by atoms with Crippen LogP contribution >= 0.6 is 22.6 Å². The third kappa shape index (κ3) is 3.39. The minimum atomic E-state index is -4.89. The first kappa shape index (κ1) is 13.9. The molecule has 0 aliphatic rings. The van der Waals surface area contributed by atoms with E-state index in [1.54, 1.807) is 0 Å². The fourth-order valence-electron chi connectivity index (χ4n) is 1.04. The van der Waals surface area contributed by atoms with E-state index in [9.17, 15) is 23.3 Å². The van der Waals surface area contributed by atoms with Crippen LogP contribution in [0, 0.1) is 13.7 Å². The Hall–Kier alpha value is -1.17. The number of ether oxygens (including phenoxy) is 1. The normalized spacial score (nSPS) is 11.4. The molecule has 17 heavy (non-hydrogen) atoms. The summed E-state index contributed by atoms with van der Waals surface area (Å²) in [7, 11) is 0. The van der Waals surface area contributed by atoms with Crippen molar-refractivity contribution in [3.63, 3.8) is 0 Å². The zero-order chi connectivity index (χ0) is 13.2. The Morgan fingerprint density at radius 2 is 2.18 bits per heavy atom. The lowest BCUT2D eigenvalue weighted by Gasteiger charge is -2.10. The lowest BCUT2D eigenvalue weighted by molar-refractivity contribution is -0.390. The Bertz CT molecular complexity index is 452. The summed E-state index contributed by atoms with van der Waals surface area (Å²) in [5, 5.41) is 10.6. The van der Waals surface area contributed by atoms with Crippen molar-refractivity contribution in [2.45, 2.75) is 12.9 Å². The molecule has 2 N–H and O–H groups in total. The molecule has 0 spiro atoms. The van der Waals surface area contributed by atoms with E-state index in [0.29, 0.717) is 6.20 Å². The Morgan fingerprint density at radius 3 is 2.59 bits per heavy atom. The molecule has 0 bridgehead atoms. The molecule has 94 valence electrons. The molecule has 0 fully saturated rings. The second-order valence-electron chi connectivity index (χ2n) is 2.75. The van der Waals surface area contributed by atoms with Gasteiger partial charge in [-0.05, 0) is 32.5 Å². The monoisotopic (exact) mass is 363 g/mol. The summed E-state index contributed by atoms with van der Waals surface area (Å²) < 4.78 is 39.6. The minimum Gasteiger partial charge on any atom is -0.401 e. The van der Waals surface area contributed by atoms with E-state index in [4.69, 9.17) is 5.73 Å². The van der Waals surface area contributed by atoms with Gasteiger partial charge in [0, 0.05) is 6.54 Å². The lowest BCUT2D eigenvalue weighted by atomic mass is 10.2. The molecular formula is C7H5F3IN3O3. The van der Waals surface area contributed by atoms with Gasteiger partial charge in [0.25, 0.3) is 0 Å². The molecule has 0 aromatic carbocycles. The first-order chi connectivity index (χ1) is 7.76. The van der Waals surface area contributed by atoms with Gasteiger partial charge in [0.15, 0.2) is 11.9 Å². The van der Waals surface area contributed by atoms with Gasteiger partial charge in [-0.1, -0.05) is 0 Å². The van der Waals surface area contributed by atoms with E-state index in [0.717, 1.165) is 0 Å². The van der Waals surface area contributed by atoms with E-state index in [1.165, 1.54) is 22.6 Å². The second kappa shape index (κ2) is 5.00. The van der Waals surface area contributed by atoms with E-state index < -0.39 is 22.9 Å². The number of rotatable bonds is 3. The molecule has 0 atom stereocenters. The van der Waals surface area contributed by atoms with Crippen LogP contribution in [0.25, 0.3) is 0 Å². The fraction of sp³-hybridized carbons (Fsp3) is 0.286. The zero-order valence-electron chi connectivity index (χ0n) is 7.99. The fourth-order valence-corrected chi connectivity index (χ4v) is 1.75. The van der Waals surface area contributed by atoms with Crippen molar-refractivity contribution in [1.82, 2.24) is 4.98 Å². The number of hydrogen-bond acceptors (Lipinski definition) is 5. The highest BCUT2D eigenvalue weighted by Gasteiger charge is 2.34. The first-order valence-electron chi connectivity index (χ1n) is 4.04. The molecule has 6 nitrogen and oxygen atoms in total. The summed E-state index contributed by atoms with van der Waals surface area (Å²) in [6, 6.07) is 0. The Morgan fingerprint density at radius 1 is 1.59 bits per heavy atom. The highest BCUT2D eigenvalue weighted by atomic mass is 127. The topological polar surface area (TPSA) is 91.3 Å². The van der Waals surface area contributed by atoms with Crippen LogP contribution in [0.1, 0.15) is 5.56 Å². The molecule has 0 aliphatic carbocycles. The van der Waals surface area contributed by atoms with Crippen molar-refractivity contribution in [2.75, 3.05) is 0 Å². The summed E-state index contributed by atoms with van der Waals surface area (Å²) >= 11 is 1.49. The van der Waals surface area contributed by atoms with Crippen molar-refractivity contribution in [3.8, 4) is 5.75 Å². The van der Waals surface area contributed by atoms with E-state index in [-0.39, 0.29) is 15.7 Å². The minimum absolute atomic E-state index is 0.0795. The van der Waals surface area contributed by atoms with Crippen molar-refractivity contribution in [2.24, 2.45) is 5.73 Å². The molecular weight excluding hydrogens is 358 g/mol. The van der Waals surface area contributed by atoms with Crippen LogP contribution in [0.4, 0.5) is 19.0 Å². The third-order valence-electron chi connectivity index (χ3n) is 1.66. The smallest absolute Gasteiger partial charge is 0.401 e. The predicted molar refractivity (Wildman–Crippen MR) is 58.2 cm³/mol. The number of halogens is 4. The molecule has 1 heterocycles. The van der Waals surface area contributed by atoms with Crippen LogP contribution in [0.5, 0.6) is 5.75 Å². The van der Waals surface area contributed by atoms with Crippen LogP contribution in [-0.4, -0.2) is 16.3 Å². The third-order valence-corrected chi connectivity index (χ3v) is 2.84. The van der Waals surface area contributed by atoms with Gasteiger partial charge in [-0.2, -0.15) is 0 Å². The summed E-state index contributed by atoms with van der Waals surface area (Å²) in [5.74, 6) is -1.18. The van der Waals surface area contributed by atoms with E-state index in [2.05, 4.69) is 9.72 Å². The maximum absolute atomic E-state index is 12.0. The number of nitro groups is 1. The highest BCUT2D eigenvalue weighted by molar-refractivity contribution is 14.1. The number of hydrogen-bond donors (Lipinski definition) is 1. The quantitative estimate of drug-likeness (QED) is 0.504. The van der Waals surface area contributed by atoms with Gasteiger partial charge in [-0.3, -0.25) is 0 Å². The Kier molecular flexibility index (Phi) is 4.08. The second-order valence-corrected chi connectivity index (χ2v) is 3.83. The number of nitrogens with zero attached hydrogens (tertiary/aromatic N) is 2. The van der Waals surface area contributed by atoms with Crippen LogP contribution in [0.3, 0.4) is 0 Å². The van der Waals surface area contributed by atoms with Crippen molar-refractivity contribution in [1.29, 1.82) is 0 Å². The molecule has 0 radical (unpaired) electrons. The van der Waals surface area contributed by atoms with Crippen LogP contribution in [0.2, 0.25) is 0 Å². The molecule has 0 saturated heterocycles. The van der Waals surface area contributed by atoms with Gasteiger partial charge in [-0.25, -0.2) is 0 Å². The van der Waals surface area contributed by atoms with Crippen LogP contribution < -0.4 is 10.5 Å². The predicted octanol–water partition coefficient (Wildman–Crippen LogP) is 1.95. The number of alkyl halides is 3. The number of aromatic nitrogens is 1. The van der Waals surface area contributed by atoms with E-state index >= 15 is 0 Å². The average Bonchev–Trinajstić information content (AvgIpc) is 2.18. The molecule has 0 saturated carbocycles. The van der Waals surface area contributed by atoms with Gasteiger partial charge in [0.05, 0.1) is 9.13 Å². The van der Waals surface area contributed by atoms with Gasteiger partial charge in [0.2, 0.25) is 0 Å². The van der Waals surface area contributed by atoms with Gasteiger partial charge in [-0.15, -0.1) is 13.2 Å². The molecule has 1 aromatic rings. The van der Waals surface area contributed by atoms with Crippen molar-refractivity contribution in [3.05, 3.63) is 25.4 Å². The maximum Gasteiger partial charge on any atom is 0.573 e. The summed E-state index contributed by atoms with van der Waals surface area (Å²) in [4.78, 5) is 13.0. The summed E-state index contributed by atoms with van der Waals surface area (Å²) in [6.45, 7) is -0.309. The van der Waals surface area contributed by atoms with Gasteiger partial charge >= 0.3 is 12.2 Å². The average molecular weight is 363 g/mol. The number of pyridine rings is 1. The molecule has 0 amide bonds. The van der Waals surface area contributed by atoms with Gasteiger partial charge in [0.1, 0.15) is 0 Å². The summed E-state index contributed by atoms with van der Waals surface area (Å²) in [6.07, 6.45) is -4.24. The molecule has 0 unspecified atom stereocenters. The SMILES string of the molecule is NCc1c([N+](=O)[O-])ncc(OC(F)(F)F)c1I. The highest BCUT2D eigenvalue weighted by Crippen LogP contribution is 2.32. The molecule has 0 aliphatic heterocycles. The standard InChI is InChI=1S/C7H5F3IN3O3/c8-7(9,10)17-4-2-13-6(14(15)16)3(1-12)5(4)11/h2H,1,12H2. The van der Waals surface area contributed by atoms with Crippen molar-refractivity contribution < 1.29 is 22.8 Å². The Labute approximate surface area is 106 Å². The molecule has 1 rings (SSSR count). The molecule has 1 aromatic heterocycles. The van der Waals surface area contributed by atoms with E-state index in [1.807, 2.05) is 0 Å². The first-order valence-corrected chi connectivity index (χ1v) is 5.11. The summed E-state index contributed by atoms with van der Waals surface area (Å²) in [5.41, 5.74) is 5.14.